The van der Waals surface area contributed by atoms with Gasteiger partial charge in [0.05, 0.1) is 23.8 Å². The summed E-state index contributed by atoms with van der Waals surface area (Å²) in [6.07, 6.45) is 7.18. The maximum absolute atomic E-state index is 13.8. The Morgan fingerprint density at radius 3 is 2.60 bits per heavy atom. The molecule has 100 valence electrons. The smallest absolute Gasteiger partial charge is 0.253 e. The van der Waals surface area contributed by atoms with E-state index in [1.54, 1.807) is 0 Å². The summed E-state index contributed by atoms with van der Waals surface area (Å²) in [4.78, 5) is 14.8. The van der Waals surface area contributed by atoms with E-state index >= 15 is 0 Å². The number of halogens is 2. The van der Waals surface area contributed by atoms with E-state index in [4.69, 9.17) is 12.2 Å². The van der Waals surface area contributed by atoms with Gasteiger partial charge in [-0.15, -0.1) is 6.42 Å². The van der Waals surface area contributed by atoms with E-state index in [1.807, 2.05) is 0 Å². The number of hydrogen-bond acceptors (Lipinski definition) is 3. The second-order valence-electron chi connectivity index (χ2n) is 3.87. The minimum atomic E-state index is -0.979. The van der Waals surface area contributed by atoms with Crippen LogP contribution in [0.1, 0.15) is 15.9 Å². The van der Waals surface area contributed by atoms with Gasteiger partial charge in [0.15, 0.2) is 5.82 Å². The highest BCUT2D eigenvalue weighted by Gasteiger charge is 2.15. The Morgan fingerprint density at radius 2 is 2.00 bits per heavy atom. The van der Waals surface area contributed by atoms with Gasteiger partial charge in [0.1, 0.15) is 11.4 Å². The van der Waals surface area contributed by atoms with Crippen LogP contribution in [0.2, 0.25) is 0 Å². The molecule has 0 aliphatic heterocycles. The van der Waals surface area contributed by atoms with Crippen LogP contribution in [0.25, 0.3) is 0 Å². The fourth-order valence-electron chi connectivity index (χ4n) is 1.63. The van der Waals surface area contributed by atoms with Crippen molar-refractivity contribution in [2.45, 2.75) is 0 Å². The highest BCUT2D eigenvalue weighted by Crippen LogP contribution is 2.24. The molecule has 0 fully saturated rings. The number of benzene rings is 1. The molecule has 1 heterocycles. The number of nitrogens with one attached hydrogen (secondary N) is 1. The lowest BCUT2D eigenvalue weighted by atomic mass is 10.1. The Balaban J connectivity index is 2.43. The molecule has 0 radical (unpaired) electrons. The predicted octanol–water partition coefficient (Wildman–Crippen LogP) is 2.18. The van der Waals surface area contributed by atoms with Gasteiger partial charge in [-0.3, -0.25) is 9.78 Å². The van der Waals surface area contributed by atoms with Crippen molar-refractivity contribution in [1.29, 1.82) is 0 Å². The van der Waals surface area contributed by atoms with Gasteiger partial charge in [-0.1, -0.05) is 5.92 Å². The van der Waals surface area contributed by atoms with Crippen molar-refractivity contribution in [1.82, 2.24) is 4.98 Å². The normalized spacial score (nSPS) is 9.85. The van der Waals surface area contributed by atoms with Gasteiger partial charge in [-0.05, 0) is 18.2 Å². The van der Waals surface area contributed by atoms with Crippen LogP contribution in [0.3, 0.4) is 0 Å². The lowest BCUT2D eigenvalue weighted by Gasteiger charge is -2.11. The summed E-state index contributed by atoms with van der Waals surface area (Å²) in [6, 6.07) is 4.02. The lowest BCUT2D eigenvalue weighted by molar-refractivity contribution is 0.0997. The summed E-state index contributed by atoms with van der Waals surface area (Å²) in [5.74, 6) is -0.220. The maximum Gasteiger partial charge on any atom is 0.253 e. The van der Waals surface area contributed by atoms with Gasteiger partial charge >= 0.3 is 0 Å². The van der Waals surface area contributed by atoms with Crippen LogP contribution in [0.15, 0.2) is 30.6 Å². The van der Waals surface area contributed by atoms with E-state index in [1.165, 1.54) is 18.3 Å². The molecule has 2 aromatic rings. The molecule has 0 atom stereocenters. The molecule has 1 amide bonds. The number of aromatic nitrogens is 1. The van der Waals surface area contributed by atoms with E-state index < -0.39 is 17.5 Å². The number of amides is 1. The SMILES string of the molecule is C#Cc1ccc(Nc2cncc(F)c2C(N)=O)c(F)c1. The molecular weight excluding hydrogens is 264 g/mol. The number of rotatable bonds is 3. The van der Waals surface area contributed by atoms with Crippen molar-refractivity contribution >= 4 is 17.3 Å². The first kappa shape index (κ1) is 13.5. The molecule has 0 bridgehead atoms. The topological polar surface area (TPSA) is 68.0 Å². The molecule has 3 N–H and O–H groups in total. The van der Waals surface area contributed by atoms with Crippen LogP contribution in [0.5, 0.6) is 0 Å². The van der Waals surface area contributed by atoms with Crippen molar-refractivity contribution in [2.24, 2.45) is 5.73 Å². The monoisotopic (exact) mass is 273 g/mol. The van der Waals surface area contributed by atoms with Crippen LogP contribution in [0, 0.1) is 24.0 Å². The Kier molecular flexibility index (Phi) is 3.62. The molecule has 0 saturated heterocycles. The Labute approximate surface area is 113 Å². The average molecular weight is 273 g/mol. The number of nitrogens with two attached hydrogens (primary N) is 1. The van der Waals surface area contributed by atoms with Gasteiger partial charge in [-0.2, -0.15) is 0 Å². The third-order valence-corrected chi connectivity index (χ3v) is 2.55. The zero-order valence-corrected chi connectivity index (χ0v) is 10.2. The third-order valence-electron chi connectivity index (χ3n) is 2.55. The standard InChI is InChI=1S/C14H9F2N3O/c1-2-8-3-4-11(9(15)5-8)19-12-7-18-6-10(16)13(12)14(17)20/h1,3-7,19H,(H2,17,20). The summed E-state index contributed by atoms with van der Waals surface area (Å²) in [7, 11) is 0. The third kappa shape index (κ3) is 2.57. The van der Waals surface area contributed by atoms with Crippen LogP contribution in [0.4, 0.5) is 20.2 Å². The molecule has 2 rings (SSSR count). The van der Waals surface area contributed by atoms with Crippen LogP contribution < -0.4 is 11.1 Å². The summed E-state index contributed by atoms with van der Waals surface area (Å²) < 4.78 is 27.3. The number of carbonyl (C=O) groups excluding carboxylic acids is 1. The average Bonchev–Trinajstić information content (AvgIpc) is 2.40. The highest BCUT2D eigenvalue weighted by molar-refractivity contribution is 5.99. The lowest BCUT2D eigenvalue weighted by Crippen LogP contribution is -2.16. The number of anilines is 2. The van der Waals surface area contributed by atoms with Gasteiger partial charge in [0.25, 0.3) is 5.91 Å². The zero-order valence-electron chi connectivity index (χ0n) is 10.2. The Bertz CT molecular complexity index is 723. The first-order valence-corrected chi connectivity index (χ1v) is 5.49. The molecule has 20 heavy (non-hydrogen) atoms. The van der Waals surface area contributed by atoms with Crippen molar-refractivity contribution in [3.8, 4) is 12.3 Å². The first-order chi connectivity index (χ1) is 9.52. The van der Waals surface area contributed by atoms with Crippen LogP contribution in [-0.4, -0.2) is 10.9 Å². The van der Waals surface area contributed by atoms with E-state index in [2.05, 4.69) is 16.2 Å². The molecule has 0 aliphatic carbocycles. The molecule has 0 aliphatic rings. The number of terminal acetylenes is 1. The molecule has 0 spiro atoms. The summed E-state index contributed by atoms with van der Waals surface area (Å²) in [5.41, 5.74) is 5.06. The van der Waals surface area contributed by atoms with E-state index in [9.17, 15) is 13.6 Å². The predicted molar refractivity (Wildman–Crippen MR) is 70.3 cm³/mol. The molecule has 1 aromatic carbocycles. The summed E-state index contributed by atoms with van der Waals surface area (Å²) in [5, 5.41) is 2.57. The molecule has 4 nitrogen and oxygen atoms in total. The fraction of sp³-hybridized carbons (Fsp3) is 0. The van der Waals surface area contributed by atoms with Gasteiger partial charge in [0, 0.05) is 5.56 Å². The second-order valence-corrected chi connectivity index (χ2v) is 3.87. The molecule has 0 saturated carbocycles. The largest absolute Gasteiger partial charge is 0.365 e. The van der Waals surface area contributed by atoms with Crippen molar-refractivity contribution < 1.29 is 13.6 Å². The molecule has 0 unspecified atom stereocenters. The zero-order chi connectivity index (χ0) is 14.7. The van der Waals surface area contributed by atoms with Crippen LogP contribution >= 0.6 is 0 Å². The quantitative estimate of drug-likeness (QED) is 0.842. The Hall–Kier alpha value is -2.94. The number of nitrogens with zero attached hydrogens (tertiary/aromatic N) is 1. The van der Waals surface area contributed by atoms with Gasteiger partial charge < -0.3 is 11.1 Å². The maximum atomic E-state index is 13.8. The van der Waals surface area contributed by atoms with Crippen molar-refractivity contribution in [2.75, 3.05) is 5.32 Å². The second kappa shape index (κ2) is 5.36. The van der Waals surface area contributed by atoms with E-state index in [0.717, 1.165) is 12.3 Å². The first-order valence-electron chi connectivity index (χ1n) is 5.49. The Morgan fingerprint density at radius 1 is 1.25 bits per heavy atom. The van der Waals surface area contributed by atoms with E-state index in [0.29, 0.717) is 5.56 Å². The number of pyridine rings is 1. The summed E-state index contributed by atoms with van der Waals surface area (Å²) in [6.45, 7) is 0. The van der Waals surface area contributed by atoms with Crippen molar-refractivity contribution in [3.05, 3.63) is 53.4 Å². The van der Waals surface area contributed by atoms with Crippen LogP contribution in [-0.2, 0) is 0 Å². The summed E-state index contributed by atoms with van der Waals surface area (Å²) >= 11 is 0. The van der Waals surface area contributed by atoms with Crippen molar-refractivity contribution in [3.63, 3.8) is 0 Å². The number of primary amides is 1. The molecule has 1 aromatic heterocycles. The molecular formula is C14H9F2N3O. The minimum absolute atomic E-state index is 0.0233. The highest BCUT2D eigenvalue weighted by atomic mass is 19.1. The minimum Gasteiger partial charge on any atom is -0.365 e. The van der Waals surface area contributed by atoms with Gasteiger partial charge in [-0.25, -0.2) is 8.78 Å². The number of hydrogen-bond donors (Lipinski definition) is 2. The van der Waals surface area contributed by atoms with Gasteiger partial charge in [0.2, 0.25) is 0 Å². The van der Waals surface area contributed by atoms with E-state index in [-0.39, 0.29) is 16.9 Å². The fourth-order valence-corrected chi connectivity index (χ4v) is 1.63. The number of carbonyl (C=O) groups is 1. The molecule has 6 heteroatoms.